The fourth-order valence-electron chi connectivity index (χ4n) is 4.65. The Morgan fingerprint density at radius 2 is 1.57 bits per heavy atom. The first kappa shape index (κ1) is 26.6. The van der Waals surface area contributed by atoms with Gasteiger partial charge < -0.3 is 10.2 Å². The molecule has 190 valence electrons. The summed E-state index contributed by atoms with van der Waals surface area (Å²) in [5, 5.41) is 5.37. The van der Waals surface area contributed by atoms with E-state index < -0.39 is 6.04 Å². The molecule has 0 bridgehead atoms. The summed E-state index contributed by atoms with van der Waals surface area (Å²) in [6.45, 7) is 2.98. The minimum absolute atomic E-state index is 0.0273. The van der Waals surface area contributed by atoms with Gasteiger partial charge >= 0.3 is 0 Å². The first-order valence-electron chi connectivity index (χ1n) is 12.9. The van der Waals surface area contributed by atoms with E-state index >= 15 is 0 Å². The van der Waals surface area contributed by atoms with Crippen molar-refractivity contribution >= 4 is 38.5 Å². The fraction of sp³-hybridized carbons (Fsp3) is 0.250. The number of carbonyl (C=O) groups excluding carboxylic acids is 2. The standard InChI is InChI=1S/C32H33BrN2O2/c1-2-20-34-32(37)30(22-24-10-4-3-5-11-24)35(23-25-12-8-16-28(33)21-25)31(36)19-18-27-15-9-14-26-13-6-7-17-29(26)27/h3-17,21,30H,2,18-20,22-23H2,1H3,(H,34,37)/t30-/m1/s1. The van der Waals surface area contributed by atoms with Crippen molar-refractivity contribution in [3.05, 3.63) is 118 Å². The summed E-state index contributed by atoms with van der Waals surface area (Å²) < 4.78 is 0.947. The summed E-state index contributed by atoms with van der Waals surface area (Å²) in [5.41, 5.74) is 3.15. The fourth-order valence-corrected chi connectivity index (χ4v) is 5.09. The van der Waals surface area contributed by atoms with Gasteiger partial charge in [-0.1, -0.05) is 108 Å². The van der Waals surface area contributed by atoms with Gasteiger partial charge in [0.25, 0.3) is 0 Å². The molecule has 0 saturated heterocycles. The predicted octanol–water partition coefficient (Wildman–Crippen LogP) is 6.70. The molecule has 0 aliphatic heterocycles. The van der Waals surface area contributed by atoms with Crippen LogP contribution in [0.15, 0.2) is 102 Å². The van der Waals surface area contributed by atoms with Crippen LogP contribution < -0.4 is 5.32 Å². The maximum Gasteiger partial charge on any atom is 0.243 e. The molecular formula is C32H33BrN2O2. The normalized spacial score (nSPS) is 11.7. The Balaban J connectivity index is 1.63. The summed E-state index contributed by atoms with van der Waals surface area (Å²) in [6, 6.07) is 31.7. The van der Waals surface area contributed by atoms with E-state index in [0.29, 0.717) is 32.4 Å². The molecule has 4 aromatic carbocycles. The van der Waals surface area contributed by atoms with Crippen molar-refractivity contribution in [2.45, 2.75) is 45.2 Å². The highest BCUT2D eigenvalue weighted by Crippen LogP contribution is 2.22. The van der Waals surface area contributed by atoms with Crippen molar-refractivity contribution in [2.75, 3.05) is 6.54 Å². The van der Waals surface area contributed by atoms with E-state index in [1.165, 1.54) is 5.39 Å². The van der Waals surface area contributed by atoms with Crippen molar-refractivity contribution in [1.29, 1.82) is 0 Å². The third-order valence-corrected chi connectivity index (χ3v) is 7.04. The zero-order valence-corrected chi connectivity index (χ0v) is 22.8. The number of aryl methyl sites for hydroxylation is 1. The number of nitrogens with one attached hydrogen (secondary N) is 1. The molecule has 4 nitrogen and oxygen atoms in total. The molecule has 4 aromatic rings. The third-order valence-electron chi connectivity index (χ3n) is 6.55. The summed E-state index contributed by atoms with van der Waals surface area (Å²) >= 11 is 3.54. The van der Waals surface area contributed by atoms with Crippen LogP contribution in [0.3, 0.4) is 0 Å². The minimum atomic E-state index is -0.604. The van der Waals surface area contributed by atoms with E-state index in [2.05, 4.69) is 45.5 Å². The molecule has 0 spiro atoms. The van der Waals surface area contributed by atoms with Crippen LogP contribution in [-0.2, 0) is 29.0 Å². The second kappa shape index (κ2) is 13.2. The molecule has 0 aliphatic rings. The quantitative estimate of drug-likeness (QED) is 0.223. The lowest BCUT2D eigenvalue weighted by atomic mass is 9.99. The van der Waals surface area contributed by atoms with Crippen LogP contribution in [0.4, 0.5) is 0 Å². The van der Waals surface area contributed by atoms with Gasteiger partial charge in [-0.25, -0.2) is 0 Å². The van der Waals surface area contributed by atoms with E-state index in [1.807, 2.05) is 79.7 Å². The Bertz CT molecular complexity index is 1330. The number of hydrogen-bond acceptors (Lipinski definition) is 2. The lowest BCUT2D eigenvalue weighted by Gasteiger charge is -2.32. The molecule has 5 heteroatoms. The van der Waals surface area contributed by atoms with Gasteiger partial charge in [0.05, 0.1) is 0 Å². The predicted molar refractivity (Wildman–Crippen MR) is 154 cm³/mol. The van der Waals surface area contributed by atoms with Crippen LogP contribution in [0.1, 0.15) is 36.5 Å². The number of hydrogen-bond donors (Lipinski definition) is 1. The summed E-state index contributed by atoms with van der Waals surface area (Å²) in [6.07, 6.45) is 2.24. The molecule has 1 N–H and O–H groups in total. The monoisotopic (exact) mass is 556 g/mol. The number of nitrogens with zero attached hydrogens (tertiary/aromatic N) is 1. The van der Waals surface area contributed by atoms with Crippen LogP contribution in [0, 0.1) is 0 Å². The highest BCUT2D eigenvalue weighted by atomic mass is 79.9. The van der Waals surface area contributed by atoms with Crippen molar-refractivity contribution < 1.29 is 9.59 Å². The van der Waals surface area contributed by atoms with Gasteiger partial charge in [-0.15, -0.1) is 0 Å². The molecule has 0 aromatic heterocycles. The number of carbonyl (C=O) groups is 2. The minimum Gasteiger partial charge on any atom is -0.354 e. The Morgan fingerprint density at radius 1 is 0.865 bits per heavy atom. The topological polar surface area (TPSA) is 49.4 Å². The Labute approximate surface area is 227 Å². The van der Waals surface area contributed by atoms with Gasteiger partial charge in [0.1, 0.15) is 6.04 Å². The maximum atomic E-state index is 13.9. The molecule has 0 unspecified atom stereocenters. The SMILES string of the molecule is CCCNC(=O)[C@@H](Cc1ccccc1)N(Cc1cccc(Br)c1)C(=O)CCc1cccc2ccccc12. The first-order chi connectivity index (χ1) is 18.0. The van der Waals surface area contributed by atoms with E-state index in [0.717, 1.165) is 33.0 Å². The smallest absolute Gasteiger partial charge is 0.243 e. The number of amides is 2. The maximum absolute atomic E-state index is 13.9. The highest BCUT2D eigenvalue weighted by Gasteiger charge is 2.30. The van der Waals surface area contributed by atoms with Gasteiger partial charge in [0.2, 0.25) is 11.8 Å². The Kier molecular flexibility index (Phi) is 9.50. The largest absolute Gasteiger partial charge is 0.354 e. The molecule has 0 aliphatic carbocycles. The van der Waals surface area contributed by atoms with Gasteiger partial charge in [0.15, 0.2) is 0 Å². The summed E-state index contributed by atoms with van der Waals surface area (Å²) in [7, 11) is 0. The zero-order chi connectivity index (χ0) is 26.0. The number of fused-ring (bicyclic) bond motifs is 1. The van der Waals surface area contributed by atoms with Crippen LogP contribution in [-0.4, -0.2) is 29.3 Å². The molecule has 4 rings (SSSR count). The van der Waals surface area contributed by atoms with E-state index in [-0.39, 0.29) is 11.8 Å². The van der Waals surface area contributed by atoms with Gasteiger partial charge in [-0.3, -0.25) is 9.59 Å². The third kappa shape index (κ3) is 7.30. The molecular weight excluding hydrogens is 524 g/mol. The van der Waals surface area contributed by atoms with Gasteiger partial charge in [-0.05, 0) is 52.4 Å². The summed E-state index contributed by atoms with van der Waals surface area (Å²) in [4.78, 5) is 29.1. The second-order valence-corrected chi connectivity index (χ2v) is 10.2. The molecule has 0 fully saturated rings. The highest BCUT2D eigenvalue weighted by molar-refractivity contribution is 9.10. The second-order valence-electron chi connectivity index (χ2n) is 9.29. The number of rotatable bonds is 11. The molecule has 0 heterocycles. The van der Waals surface area contributed by atoms with Crippen LogP contribution in [0.5, 0.6) is 0 Å². The van der Waals surface area contributed by atoms with E-state index in [4.69, 9.17) is 0 Å². The average Bonchev–Trinajstić information content (AvgIpc) is 2.93. The van der Waals surface area contributed by atoms with Crippen LogP contribution in [0.25, 0.3) is 10.8 Å². The first-order valence-corrected chi connectivity index (χ1v) is 13.7. The molecule has 1 atom stereocenters. The van der Waals surface area contributed by atoms with E-state index in [9.17, 15) is 9.59 Å². The van der Waals surface area contributed by atoms with Crippen molar-refractivity contribution in [3.8, 4) is 0 Å². The number of benzene rings is 4. The molecule has 37 heavy (non-hydrogen) atoms. The lowest BCUT2D eigenvalue weighted by molar-refractivity contribution is -0.141. The molecule has 0 radical (unpaired) electrons. The van der Waals surface area contributed by atoms with Crippen LogP contribution >= 0.6 is 15.9 Å². The van der Waals surface area contributed by atoms with Crippen molar-refractivity contribution in [2.24, 2.45) is 0 Å². The average molecular weight is 558 g/mol. The zero-order valence-electron chi connectivity index (χ0n) is 21.2. The Morgan fingerprint density at radius 3 is 2.35 bits per heavy atom. The van der Waals surface area contributed by atoms with Crippen molar-refractivity contribution in [1.82, 2.24) is 10.2 Å². The van der Waals surface area contributed by atoms with Crippen molar-refractivity contribution in [3.63, 3.8) is 0 Å². The molecule has 0 saturated carbocycles. The van der Waals surface area contributed by atoms with E-state index in [1.54, 1.807) is 4.90 Å². The van der Waals surface area contributed by atoms with Gasteiger partial charge in [0, 0.05) is 30.4 Å². The van der Waals surface area contributed by atoms with Crippen LogP contribution in [0.2, 0.25) is 0 Å². The lowest BCUT2D eigenvalue weighted by Crippen LogP contribution is -2.50. The van der Waals surface area contributed by atoms with Gasteiger partial charge in [-0.2, -0.15) is 0 Å². The summed E-state index contributed by atoms with van der Waals surface area (Å²) in [5.74, 6) is -0.139. The molecule has 2 amide bonds. The Hall–Kier alpha value is -3.44. The number of halogens is 1.